The summed E-state index contributed by atoms with van der Waals surface area (Å²) in [5.74, 6) is 1.76. The molecule has 0 aliphatic rings. The molecular weight excluding hydrogens is 338 g/mol. The van der Waals surface area contributed by atoms with E-state index in [1.165, 1.54) is 21.3 Å². The van der Waals surface area contributed by atoms with Gasteiger partial charge in [0, 0.05) is 12.1 Å². The molecule has 7 nitrogen and oxygen atoms in total. The van der Waals surface area contributed by atoms with E-state index in [0.29, 0.717) is 28.6 Å². The van der Waals surface area contributed by atoms with Crippen LogP contribution in [0, 0.1) is 0 Å². The van der Waals surface area contributed by atoms with Crippen molar-refractivity contribution in [2.75, 3.05) is 27.9 Å². The number of aldehydes is 1. The normalized spacial score (nSPS) is 9.96. The largest absolute Gasteiger partial charge is 0.493 e. The van der Waals surface area contributed by atoms with E-state index in [1.54, 1.807) is 36.4 Å². The molecule has 0 saturated carbocycles. The lowest BCUT2D eigenvalue weighted by Crippen LogP contribution is -2.28. The number of ether oxygens (including phenoxy) is 4. The zero-order chi connectivity index (χ0) is 18.9. The summed E-state index contributed by atoms with van der Waals surface area (Å²) in [6, 6.07) is 10.0. The van der Waals surface area contributed by atoms with Crippen LogP contribution in [-0.2, 0) is 11.3 Å². The molecule has 0 aromatic heterocycles. The first kappa shape index (κ1) is 19.1. The number of hydrogen-bond acceptors (Lipinski definition) is 6. The molecule has 2 rings (SSSR count). The molecular formula is C19H21NO6. The molecule has 2 aromatic carbocycles. The Kier molecular flexibility index (Phi) is 6.84. The van der Waals surface area contributed by atoms with E-state index < -0.39 is 0 Å². The second-order valence-electron chi connectivity index (χ2n) is 5.29. The molecule has 0 saturated heterocycles. The van der Waals surface area contributed by atoms with E-state index in [-0.39, 0.29) is 19.1 Å². The zero-order valence-electron chi connectivity index (χ0n) is 14.9. The molecule has 1 N–H and O–H groups in total. The zero-order valence-corrected chi connectivity index (χ0v) is 14.9. The first-order chi connectivity index (χ1) is 12.6. The number of rotatable bonds is 9. The van der Waals surface area contributed by atoms with Crippen molar-refractivity contribution in [3.63, 3.8) is 0 Å². The van der Waals surface area contributed by atoms with E-state index in [2.05, 4.69) is 5.32 Å². The molecule has 0 spiro atoms. The van der Waals surface area contributed by atoms with E-state index in [1.807, 2.05) is 0 Å². The standard InChI is InChI=1S/C19H21NO6/c1-23-16-8-14(9-17(24-2)19(16)25-3)10-20-18(22)12-26-15-6-4-13(11-21)5-7-15/h4-9,11H,10,12H2,1-3H3,(H,20,22). The van der Waals surface area contributed by atoms with Crippen LogP contribution in [0.5, 0.6) is 23.0 Å². The van der Waals surface area contributed by atoms with Gasteiger partial charge in [-0.25, -0.2) is 0 Å². The van der Waals surface area contributed by atoms with Gasteiger partial charge in [-0.3, -0.25) is 9.59 Å². The minimum atomic E-state index is -0.279. The van der Waals surface area contributed by atoms with Crippen LogP contribution in [0.1, 0.15) is 15.9 Å². The van der Waals surface area contributed by atoms with Gasteiger partial charge >= 0.3 is 0 Å². The second kappa shape index (κ2) is 9.31. The van der Waals surface area contributed by atoms with E-state index >= 15 is 0 Å². The van der Waals surface area contributed by atoms with Crippen molar-refractivity contribution in [1.29, 1.82) is 0 Å². The van der Waals surface area contributed by atoms with Crippen LogP contribution in [0.3, 0.4) is 0 Å². The van der Waals surface area contributed by atoms with Crippen LogP contribution in [0.15, 0.2) is 36.4 Å². The Bertz CT molecular complexity index is 732. The molecule has 0 bridgehead atoms. The lowest BCUT2D eigenvalue weighted by atomic mass is 10.1. The quantitative estimate of drug-likeness (QED) is 0.691. The Morgan fingerprint density at radius 1 is 1.00 bits per heavy atom. The van der Waals surface area contributed by atoms with Gasteiger partial charge in [-0.15, -0.1) is 0 Å². The summed E-state index contributed by atoms with van der Waals surface area (Å²) in [5.41, 5.74) is 1.34. The molecule has 0 unspecified atom stereocenters. The molecule has 0 atom stereocenters. The fourth-order valence-corrected chi connectivity index (χ4v) is 2.28. The number of hydrogen-bond donors (Lipinski definition) is 1. The van der Waals surface area contributed by atoms with Crippen LogP contribution in [0.25, 0.3) is 0 Å². The fraction of sp³-hybridized carbons (Fsp3) is 0.263. The number of benzene rings is 2. The van der Waals surface area contributed by atoms with Gasteiger partial charge in [-0.1, -0.05) is 0 Å². The highest BCUT2D eigenvalue weighted by Crippen LogP contribution is 2.38. The van der Waals surface area contributed by atoms with Crippen molar-refractivity contribution in [3.8, 4) is 23.0 Å². The maximum Gasteiger partial charge on any atom is 0.258 e. The minimum absolute atomic E-state index is 0.134. The third kappa shape index (κ3) is 4.89. The van der Waals surface area contributed by atoms with Crippen molar-refractivity contribution < 1.29 is 28.5 Å². The Morgan fingerprint density at radius 3 is 2.12 bits per heavy atom. The van der Waals surface area contributed by atoms with Gasteiger partial charge in [0.25, 0.3) is 5.91 Å². The summed E-state index contributed by atoms with van der Waals surface area (Å²) in [6.45, 7) is 0.147. The number of methoxy groups -OCH3 is 3. The first-order valence-corrected chi connectivity index (χ1v) is 7.85. The lowest BCUT2D eigenvalue weighted by molar-refractivity contribution is -0.123. The molecule has 0 fully saturated rings. The molecule has 26 heavy (non-hydrogen) atoms. The molecule has 2 aromatic rings. The van der Waals surface area contributed by atoms with Gasteiger partial charge in [-0.2, -0.15) is 0 Å². The number of amides is 1. The van der Waals surface area contributed by atoms with E-state index in [4.69, 9.17) is 18.9 Å². The Labute approximate surface area is 151 Å². The molecule has 0 heterocycles. The molecule has 7 heteroatoms. The van der Waals surface area contributed by atoms with Crippen LogP contribution >= 0.6 is 0 Å². The Morgan fingerprint density at radius 2 is 1.62 bits per heavy atom. The Hall–Kier alpha value is -3.22. The van der Waals surface area contributed by atoms with Gasteiger partial charge in [0.2, 0.25) is 5.75 Å². The highest BCUT2D eigenvalue weighted by Gasteiger charge is 2.13. The highest BCUT2D eigenvalue weighted by molar-refractivity contribution is 5.78. The molecule has 0 aliphatic carbocycles. The summed E-state index contributed by atoms with van der Waals surface area (Å²) in [4.78, 5) is 22.6. The maximum atomic E-state index is 12.0. The van der Waals surface area contributed by atoms with Gasteiger partial charge in [0.1, 0.15) is 12.0 Å². The smallest absolute Gasteiger partial charge is 0.258 e. The lowest BCUT2D eigenvalue weighted by Gasteiger charge is -2.14. The molecule has 0 radical (unpaired) electrons. The van der Waals surface area contributed by atoms with Crippen molar-refractivity contribution in [1.82, 2.24) is 5.32 Å². The van der Waals surface area contributed by atoms with Crippen LogP contribution < -0.4 is 24.3 Å². The topological polar surface area (TPSA) is 83.1 Å². The van der Waals surface area contributed by atoms with Gasteiger partial charge in [-0.05, 0) is 42.0 Å². The van der Waals surface area contributed by atoms with Gasteiger partial charge < -0.3 is 24.3 Å². The molecule has 0 aliphatic heterocycles. The predicted molar refractivity (Wildman–Crippen MR) is 95.3 cm³/mol. The summed E-state index contributed by atoms with van der Waals surface area (Å²) < 4.78 is 21.2. The summed E-state index contributed by atoms with van der Waals surface area (Å²) in [5, 5.41) is 2.76. The third-order valence-electron chi connectivity index (χ3n) is 3.60. The van der Waals surface area contributed by atoms with Crippen molar-refractivity contribution in [2.24, 2.45) is 0 Å². The van der Waals surface area contributed by atoms with Gasteiger partial charge in [0.15, 0.2) is 18.1 Å². The minimum Gasteiger partial charge on any atom is -0.493 e. The average Bonchev–Trinajstić information content (AvgIpc) is 2.69. The third-order valence-corrected chi connectivity index (χ3v) is 3.60. The summed E-state index contributed by atoms with van der Waals surface area (Å²) >= 11 is 0. The second-order valence-corrected chi connectivity index (χ2v) is 5.29. The number of carbonyl (C=O) groups is 2. The van der Waals surface area contributed by atoms with Crippen LogP contribution in [-0.4, -0.2) is 40.1 Å². The molecule has 1 amide bonds. The monoisotopic (exact) mass is 359 g/mol. The first-order valence-electron chi connectivity index (χ1n) is 7.85. The summed E-state index contributed by atoms with van der Waals surface area (Å²) in [7, 11) is 4.59. The SMILES string of the molecule is COc1cc(CNC(=O)COc2ccc(C=O)cc2)cc(OC)c1OC. The van der Waals surface area contributed by atoms with E-state index in [0.717, 1.165) is 11.8 Å². The van der Waals surface area contributed by atoms with Crippen molar-refractivity contribution in [3.05, 3.63) is 47.5 Å². The van der Waals surface area contributed by atoms with Crippen molar-refractivity contribution >= 4 is 12.2 Å². The van der Waals surface area contributed by atoms with Crippen molar-refractivity contribution in [2.45, 2.75) is 6.54 Å². The summed E-state index contributed by atoms with van der Waals surface area (Å²) in [6.07, 6.45) is 0.744. The van der Waals surface area contributed by atoms with Gasteiger partial charge in [0.05, 0.1) is 21.3 Å². The van der Waals surface area contributed by atoms with Crippen LogP contribution in [0.4, 0.5) is 0 Å². The maximum absolute atomic E-state index is 12.0. The number of carbonyl (C=O) groups excluding carboxylic acids is 2. The fourth-order valence-electron chi connectivity index (χ4n) is 2.28. The van der Waals surface area contributed by atoms with Crippen LogP contribution in [0.2, 0.25) is 0 Å². The Balaban J connectivity index is 1.92. The number of nitrogens with one attached hydrogen (secondary N) is 1. The average molecular weight is 359 g/mol. The highest BCUT2D eigenvalue weighted by atomic mass is 16.5. The molecule has 138 valence electrons. The van der Waals surface area contributed by atoms with E-state index in [9.17, 15) is 9.59 Å². The predicted octanol–water partition coefficient (Wildman–Crippen LogP) is 2.22.